The van der Waals surface area contributed by atoms with Gasteiger partial charge in [0.05, 0.1) is 18.6 Å². The van der Waals surface area contributed by atoms with E-state index in [0.29, 0.717) is 11.3 Å². The standard InChI is InChI=1S/C25H27FN2O6/c1-33-14-21(30)28(13-15-6-2-4-8-18(15)26)19-12-17(25(32)27-10-11-29)22-16-7-3-5-9-20(16)34-24(22)23(19)31/h2-9,12,19,22-24,29,31H,10-11,13-14H2,1H3,(H,27,32)/t19-,22+,23+,24+/m1/s1. The van der Waals surface area contributed by atoms with Gasteiger partial charge in [0.25, 0.3) is 0 Å². The predicted molar refractivity (Wildman–Crippen MR) is 120 cm³/mol. The Kier molecular flexibility index (Phi) is 7.26. The summed E-state index contributed by atoms with van der Waals surface area (Å²) in [6.45, 7) is -0.613. The maximum Gasteiger partial charge on any atom is 0.249 e. The van der Waals surface area contributed by atoms with E-state index in [-0.39, 0.29) is 31.9 Å². The van der Waals surface area contributed by atoms with Crippen molar-refractivity contribution in [2.45, 2.75) is 30.7 Å². The number of ether oxygens (including phenoxy) is 2. The number of fused-ring (bicyclic) bond motifs is 3. The molecule has 2 aromatic rings. The van der Waals surface area contributed by atoms with Crippen molar-refractivity contribution in [2.75, 3.05) is 26.9 Å². The third kappa shape index (κ3) is 4.54. The SMILES string of the molecule is COCC(=O)N(Cc1ccccc1F)[C@@H]1C=C(C(=O)NCCO)[C@@H]2c3ccccc3O[C@@H]2[C@H]1O. The minimum absolute atomic E-state index is 0.0465. The molecule has 180 valence electrons. The van der Waals surface area contributed by atoms with Gasteiger partial charge >= 0.3 is 0 Å². The van der Waals surface area contributed by atoms with Crippen molar-refractivity contribution in [1.82, 2.24) is 10.2 Å². The van der Waals surface area contributed by atoms with Crippen LogP contribution in [0.1, 0.15) is 17.0 Å². The molecular formula is C25H27FN2O6. The molecule has 0 spiro atoms. The normalized spacial score (nSPS) is 22.8. The average molecular weight is 470 g/mol. The number of carbonyl (C=O) groups is 2. The molecule has 0 saturated carbocycles. The number of halogens is 1. The molecule has 0 bridgehead atoms. The Balaban J connectivity index is 1.76. The van der Waals surface area contributed by atoms with Gasteiger partial charge in [0.2, 0.25) is 11.8 Å². The Morgan fingerprint density at radius 2 is 1.91 bits per heavy atom. The Morgan fingerprint density at radius 3 is 2.65 bits per heavy atom. The fraction of sp³-hybridized carbons (Fsp3) is 0.360. The summed E-state index contributed by atoms with van der Waals surface area (Å²) >= 11 is 0. The summed E-state index contributed by atoms with van der Waals surface area (Å²) in [5.74, 6) is -1.42. The lowest BCUT2D eigenvalue weighted by atomic mass is 9.77. The fourth-order valence-corrected chi connectivity index (χ4v) is 4.57. The first kappa shape index (κ1) is 23.9. The van der Waals surface area contributed by atoms with E-state index in [4.69, 9.17) is 14.6 Å². The second-order valence-corrected chi connectivity index (χ2v) is 8.23. The van der Waals surface area contributed by atoms with Gasteiger partial charge in [-0.15, -0.1) is 0 Å². The summed E-state index contributed by atoms with van der Waals surface area (Å²) in [6.07, 6.45) is -0.488. The number of hydrogen-bond acceptors (Lipinski definition) is 6. The van der Waals surface area contributed by atoms with E-state index in [9.17, 15) is 19.1 Å². The zero-order valence-corrected chi connectivity index (χ0v) is 18.7. The number of nitrogens with zero attached hydrogens (tertiary/aromatic N) is 1. The van der Waals surface area contributed by atoms with Gasteiger partial charge in [-0.05, 0) is 18.2 Å². The highest BCUT2D eigenvalue weighted by atomic mass is 19.1. The first-order valence-corrected chi connectivity index (χ1v) is 11.0. The number of methoxy groups -OCH3 is 1. The number of nitrogens with one attached hydrogen (secondary N) is 1. The van der Waals surface area contributed by atoms with E-state index < -0.39 is 41.8 Å². The van der Waals surface area contributed by atoms with E-state index in [1.165, 1.54) is 18.1 Å². The van der Waals surface area contributed by atoms with E-state index in [0.717, 1.165) is 5.56 Å². The second-order valence-electron chi connectivity index (χ2n) is 8.23. The van der Waals surface area contributed by atoms with Crippen molar-refractivity contribution in [1.29, 1.82) is 0 Å². The van der Waals surface area contributed by atoms with Crippen LogP contribution >= 0.6 is 0 Å². The molecule has 1 aliphatic carbocycles. The Bertz CT molecular complexity index is 1090. The minimum atomic E-state index is -1.20. The van der Waals surface area contributed by atoms with Crippen molar-refractivity contribution in [2.24, 2.45) is 0 Å². The molecule has 0 saturated heterocycles. The summed E-state index contributed by atoms with van der Waals surface area (Å²) in [4.78, 5) is 27.4. The molecule has 0 unspecified atom stereocenters. The zero-order valence-electron chi connectivity index (χ0n) is 18.7. The van der Waals surface area contributed by atoms with Gasteiger partial charge in [-0.1, -0.05) is 36.4 Å². The largest absolute Gasteiger partial charge is 0.486 e. The number of para-hydroxylation sites is 1. The van der Waals surface area contributed by atoms with Crippen LogP contribution in [0.5, 0.6) is 5.75 Å². The second kappa shape index (κ2) is 10.3. The van der Waals surface area contributed by atoms with Gasteiger partial charge in [0.1, 0.15) is 30.4 Å². The molecule has 1 aliphatic heterocycles. The predicted octanol–water partition coefficient (Wildman–Crippen LogP) is 1.12. The fourth-order valence-electron chi connectivity index (χ4n) is 4.57. The molecule has 3 N–H and O–H groups in total. The van der Waals surface area contributed by atoms with Crippen LogP contribution in [0.2, 0.25) is 0 Å². The highest BCUT2D eigenvalue weighted by molar-refractivity contribution is 5.96. The molecule has 34 heavy (non-hydrogen) atoms. The van der Waals surface area contributed by atoms with E-state index in [1.807, 2.05) is 12.1 Å². The lowest BCUT2D eigenvalue weighted by Gasteiger charge is -2.40. The van der Waals surface area contributed by atoms with Crippen LogP contribution in [0, 0.1) is 5.82 Å². The van der Waals surface area contributed by atoms with Crippen LogP contribution in [-0.4, -0.2) is 72.0 Å². The maximum absolute atomic E-state index is 14.4. The molecule has 8 nitrogen and oxygen atoms in total. The number of aliphatic hydroxyl groups is 2. The lowest BCUT2D eigenvalue weighted by Crippen LogP contribution is -2.56. The third-order valence-electron chi connectivity index (χ3n) is 6.12. The summed E-state index contributed by atoms with van der Waals surface area (Å²) < 4.78 is 25.5. The summed E-state index contributed by atoms with van der Waals surface area (Å²) in [7, 11) is 1.37. The molecule has 4 rings (SSSR count). The molecule has 1 heterocycles. The molecule has 0 fully saturated rings. The van der Waals surface area contributed by atoms with E-state index in [1.54, 1.807) is 36.4 Å². The Morgan fingerprint density at radius 1 is 1.18 bits per heavy atom. The minimum Gasteiger partial charge on any atom is -0.486 e. The van der Waals surface area contributed by atoms with Crippen LogP contribution < -0.4 is 10.1 Å². The highest BCUT2D eigenvalue weighted by Crippen LogP contribution is 2.47. The number of carbonyl (C=O) groups excluding carboxylic acids is 2. The molecular weight excluding hydrogens is 443 g/mol. The molecule has 4 atom stereocenters. The van der Waals surface area contributed by atoms with Crippen LogP contribution in [-0.2, 0) is 20.9 Å². The summed E-state index contributed by atoms with van der Waals surface area (Å²) in [5, 5.41) is 23.2. The Labute approximate surface area is 196 Å². The third-order valence-corrected chi connectivity index (χ3v) is 6.12. The first-order valence-electron chi connectivity index (χ1n) is 11.0. The van der Waals surface area contributed by atoms with Gasteiger partial charge in [-0.3, -0.25) is 9.59 Å². The highest BCUT2D eigenvalue weighted by Gasteiger charge is 2.50. The van der Waals surface area contributed by atoms with Crippen LogP contribution in [0.25, 0.3) is 0 Å². The molecule has 2 aromatic carbocycles. The zero-order chi connectivity index (χ0) is 24.2. The first-order chi connectivity index (χ1) is 16.5. The van der Waals surface area contributed by atoms with E-state index in [2.05, 4.69) is 5.32 Å². The lowest BCUT2D eigenvalue weighted by molar-refractivity contribution is -0.141. The van der Waals surface area contributed by atoms with Crippen molar-refractivity contribution < 1.29 is 33.7 Å². The Hall–Kier alpha value is -3.27. The van der Waals surface area contributed by atoms with Crippen molar-refractivity contribution in [3.8, 4) is 5.75 Å². The number of amides is 2. The maximum atomic E-state index is 14.4. The van der Waals surface area contributed by atoms with E-state index >= 15 is 0 Å². The molecule has 2 amide bonds. The molecule has 0 radical (unpaired) electrons. The van der Waals surface area contributed by atoms with Crippen LogP contribution in [0.4, 0.5) is 4.39 Å². The number of benzene rings is 2. The smallest absolute Gasteiger partial charge is 0.249 e. The number of rotatable bonds is 8. The van der Waals surface area contributed by atoms with Gasteiger partial charge in [0, 0.05) is 36.9 Å². The van der Waals surface area contributed by atoms with Gasteiger partial charge in [-0.2, -0.15) is 0 Å². The van der Waals surface area contributed by atoms with Crippen molar-refractivity contribution in [3.63, 3.8) is 0 Å². The molecule has 9 heteroatoms. The molecule has 2 aliphatic rings. The summed E-state index contributed by atoms with van der Waals surface area (Å²) in [5.41, 5.74) is 1.32. The van der Waals surface area contributed by atoms with Gasteiger partial charge in [-0.25, -0.2) is 4.39 Å². The van der Waals surface area contributed by atoms with Gasteiger partial charge < -0.3 is 29.9 Å². The quantitative estimate of drug-likeness (QED) is 0.534. The topological polar surface area (TPSA) is 108 Å². The van der Waals surface area contributed by atoms with Gasteiger partial charge in [0.15, 0.2) is 0 Å². The van der Waals surface area contributed by atoms with Crippen molar-refractivity contribution >= 4 is 11.8 Å². The monoisotopic (exact) mass is 470 g/mol. The average Bonchev–Trinajstić information content (AvgIpc) is 3.23. The van der Waals surface area contributed by atoms with Crippen LogP contribution in [0.3, 0.4) is 0 Å². The van der Waals surface area contributed by atoms with Crippen molar-refractivity contribution in [3.05, 3.63) is 77.1 Å². The number of hydrogen-bond donors (Lipinski definition) is 3. The number of aliphatic hydroxyl groups excluding tert-OH is 2. The van der Waals surface area contributed by atoms with Crippen LogP contribution in [0.15, 0.2) is 60.2 Å². The summed E-state index contributed by atoms with van der Waals surface area (Å²) in [6, 6.07) is 12.3. The molecule has 0 aromatic heterocycles.